The predicted molar refractivity (Wildman–Crippen MR) is 83.7 cm³/mol. The Morgan fingerprint density at radius 3 is 2.50 bits per heavy atom. The molecule has 1 aromatic rings. The molecule has 0 aliphatic carbocycles. The van der Waals surface area contributed by atoms with Gasteiger partial charge in [0.1, 0.15) is 0 Å². The van der Waals surface area contributed by atoms with Crippen LogP contribution in [0.4, 0.5) is 0 Å². The van der Waals surface area contributed by atoms with Crippen LogP contribution < -0.4 is 5.32 Å². The van der Waals surface area contributed by atoms with Gasteiger partial charge in [0.05, 0.1) is 5.56 Å². The largest absolute Gasteiger partial charge is 0.346 e. The highest BCUT2D eigenvalue weighted by molar-refractivity contribution is 9.10. The van der Waals surface area contributed by atoms with Gasteiger partial charge in [-0.25, -0.2) is 0 Å². The van der Waals surface area contributed by atoms with Gasteiger partial charge in [0, 0.05) is 20.4 Å². The summed E-state index contributed by atoms with van der Waals surface area (Å²) in [5.74, 6) is -0.104. The molecule has 0 aromatic heterocycles. The van der Waals surface area contributed by atoms with E-state index in [2.05, 4.69) is 51.0 Å². The smallest absolute Gasteiger partial charge is 0.252 e. The molecule has 0 heterocycles. The van der Waals surface area contributed by atoms with Crippen LogP contribution in [0.3, 0.4) is 0 Å². The van der Waals surface area contributed by atoms with Gasteiger partial charge in [0.15, 0.2) is 0 Å². The summed E-state index contributed by atoms with van der Waals surface area (Å²) in [5.41, 5.74) is 0.355. The summed E-state index contributed by atoms with van der Waals surface area (Å²) in [6.45, 7) is 4.14. The van der Waals surface area contributed by atoms with Crippen molar-refractivity contribution < 1.29 is 4.79 Å². The van der Waals surface area contributed by atoms with Crippen molar-refractivity contribution in [3.63, 3.8) is 0 Å². The summed E-state index contributed by atoms with van der Waals surface area (Å²) in [6, 6.07) is 5.20. The summed E-state index contributed by atoms with van der Waals surface area (Å²) in [7, 11) is 0. The molecule has 0 saturated carbocycles. The van der Waals surface area contributed by atoms with Crippen LogP contribution in [0.2, 0.25) is 5.02 Å². The summed E-state index contributed by atoms with van der Waals surface area (Å²) in [4.78, 5) is 12.3. The topological polar surface area (TPSA) is 29.1 Å². The molecule has 0 unspecified atom stereocenters. The normalized spacial score (nSPS) is 11.4. The van der Waals surface area contributed by atoms with Crippen molar-refractivity contribution in [2.24, 2.45) is 0 Å². The highest BCUT2D eigenvalue weighted by Crippen LogP contribution is 2.24. The van der Waals surface area contributed by atoms with E-state index in [-0.39, 0.29) is 11.4 Å². The first-order chi connectivity index (χ1) is 8.48. The molecular formula is C13H16Br2ClNO. The Labute approximate surface area is 130 Å². The van der Waals surface area contributed by atoms with Gasteiger partial charge in [-0.15, -0.1) is 0 Å². The number of alkyl halides is 1. The molecule has 0 fully saturated rings. The van der Waals surface area contributed by atoms with Crippen molar-refractivity contribution in [3.8, 4) is 0 Å². The molecule has 0 spiro atoms. The summed E-state index contributed by atoms with van der Waals surface area (Å²) in [5, 5.41) is 4.38. The minimum absolute atomic E-state index is 0.104. The number of halogens is 3. The van der Waals surface area contributed by atoms with Crippen LogP contribution in [0.1, 0.15) is 37.0 Å². The van der Waals surface area contributed by atoms with E-state index in [4.69, 9.17) is 11.6 Å². The van der Waals surface area contributed by atoms with Gasteiger partial charge in [-0.1, -0.05) is 41.4 Å². The van der Waals surface area contributed by atoms with Crippen LogP contribution in [-0.4, -0.2) is 16.8 Å². The molecule has 0 radical (unpaired) electrons. The monoisotopic (exact) mass is 395 g/mol. The van der Waals surface area contributed by atoms with Gasteiger partial charge < -0.3 is 5.32 Å². The van der Waals surface area contributed by atoms with Gasteiger partial charge in [-0.05, 0) is 47.0 Å². The van der Waals surface area contributed by atoms with Crippen molar-refractivity contribution in [2.45, 2.75) is 32.2 Å². The predicted octanol–water partition coefficient (Wildman–Crippen LogP) is 4.79. The van der Waals surface area contributed by atoms with Crippen LogP contribution in [-0.2, 0) is 0 Å². The minimum atomic E-state index is -0.209. The van der Waals surface area contributed by atoms with E-state index in [1.807, 2.05) is 0 Å². The van der Waals surface area contributed by atoms with Crippen LogP contribution in [0.15, 0.2) is 22.7 Å². The molecular weight excluding hydrogens is 381 g/mol. The van der Waals surface area contributed by atoms with E-state index in [0.29, 0.717) is 10.6 Å². The third kappa shape index (κ3) is 3.72. The third-order valence-corrected chi connectivity index (χ3v) is 5.16. The van der Waals surface area contributed by atoms with Crippen molar-refractivity contribution in [3.05, 3.63) is 33.3 Å². The second-order valence-corrected chi connectivity index (χ2v) is 6.05. The molecule has 0 atom stereocenters. The number of nitrogens with one attached hydrogen (secondary N) is 1. The number of benzene rings is 1. The van der Waals surface area contributed by atoms with Crippen LogP contribution in [0.5, 0.6) is 0 Å². The molecule has 1 rings (SSSR count). The van der Waals surface area contributed by atoms with Crippen LogP contribution in [0, 0.1) is 0 Å². The first kappa shape index (κ1) is 16.0. The van der Waals surface area contributed by atoms with Gasteiger partial charge in [-0.2, -0.15) is 0 Å². The maximum Gasteiger partial charge on any atom is 0.252 e. The molecule has 18 heavy (non-hydrogen) atoms. The average Bonchev–Trinajstić information content (AvgIpc) is 2.38. The molecule has 0 bridgehead atoms. The Kier molecular flexibility index (Phi) is 6.15. The van der Waals surface area contributed by atoms with Crippen LogP contribution >= 0.6 is 43.5 Å². The number of hydrogen-bond acceptors (Lipinski definition) is 1. The van der Waals surface area contributed by atoms with Gasteiger partial charge in [0.25, 0.3) is 5.91 Å². The molecule has 1 amide bonds. The fraction of sp³-hybridized carbons (Fsp3) is 0.462. The number of amides is 1. The second-order valence-electron chi connectivity index (χ2n) is 4.20. The highest BCUT2D eigenvalue weighted by Gasteiger charge is 2.27. The SMILES string of the molecule is CCC(CC)(CBr)NC(=O)c1cc(Cl)ccc1Br. The Balaban J connectivity index is 2.97. The maximum absolute atomic E-state index is 12.3. The van der Waals surface area contributed by atoms with Crippen molar-refractivity contribution in [2.75, 3.05) is 5.33 Å². The van der Waals surface area contributed by atoms with E-state index >= 15 is 0 Å². The molecule has 2 nitrogen and oxygen atoms in total. The lowest BCUT2D eigenvalue weighted by Gasteiger charge is -2.31. The molecule has 0 saturated heterocycles. The highest BCUT2D eigenvalue weighted by atomic mass is 79.9. The molecule has 1 aromatic carbocycles. The maximum atomic E-state index is 12.3. The van der Waals surface area contributed by atoms with Crippen molar-refractivity contribution in [1.29, 1.82) is 0 Å². The Bertz CT molecular complexity index is 425. The zero-order chi connectivity index (χ0) is 13.8. The lowest BCUT2D eigenvalue weighted by molar-refractivity contribution is 0.0903. The number of rotatable bonds is 5. The van der Waals surface area contributed by atoms with Crippen molar-refractivity contribution >= 4 is 49.4 Å². The van der Waals surface area contributed by atoms with Gasteiger partial charge in [-0.3, -0.25) is 4.79 Å². The van der Waals surface area contributed by atoms with Gasteiger partial charge >= 0.3 is 0 Å². The zero-order valence-corrected chi connectivity index (χ0v) is 14.3. The Morgan fingerprint density at radius 2 is 2.00 bits per heavy atom. The molecule has 1 N–H and O–H groups in total. The lowest BCUT2D eigenvalue weighted by atomic mass is 9.95. The van der Waals surface area contributed by atoms with Gasteiger partial charge in [0.2, 0.25) is 0 Å². The molecule has 0 aliphatic heterocycles. The summed E-state index contributed by atoms with van der Waals surface area (Å²) < 4.78 is 0.750. The first-order valence-corrected chi connectivity index (χ1v) is 8.10. The molecule has 0 aliphatic rings. The standard InChI is InChI=1S/C13H16Br2ClNO/c1-3-13(4-2,8-14)17-12(18)10-7-9(16)5-6-11(10)15/h5-7H,3-4,8H2,1-2H3,(H,17,18). The number of carbonyl (C=O) groups excluding carboxylic acids is 1. The van der Waals surface area contributed by atoms with E-state index in [1.165, 1.54) is 0 Å². The summed E-state index contributed by atoms with van der Waals surface area (Å²) >= 11 is 12.8. The molecule has 5 heteroatoms. The van der Waals surface area contributed by atoms with Crippen molar-refractivity contribution in [1.82, 2.24) is 5.32 Å². The number of carbonyl (C=O) groups is 1. The lowest BCUT2D eigenvalue weighted by Crippen LogP contribution is -2.49. The quantitative estimate of drug-likeness (QED) is 0.712. The van der Waals surface area contributed by atoms with E-state index in [0.717, 1.165) is 22.6 Å². The fourth-order valence-corrected chi connectivity index (χ4v) is 3.16. The third-order valence-electron chi connectivity index (χ3n) is 3.16. The average molecular weight is 398 g/mol. The first-order valence-electron chi connectivity index (χ1n) is 5.81. The van der Waals surface area contributed by atoms with E-state index in [1.54, 1.807) is 18.2 Å². The number of hydrogen-bond donors (Lipinski definition) is 1. The fourth-order valence-electron chi connectivity index (χ4n) is 1.63. The van der Waals surface area contributed by atoms with E-state index in [9.17, 15) is 4.79 Å². The summed E-state index contributed by atoms with van der Waals surface area (Å²) in [6.07, 6.45) is 1.75. The molecule has 100 valence electrons. The Hall–Kier alpha value is -0.0600. The minimum Gasteiger partial charge on any atom is -0.346 e. The zero-order valence-electron chi connectivity index (χ0n) is 10.4. The van der Waals surface area contributed by atoms with Crippen LogP contribution in [0.25, 0.3) is 0 Å². The second kappa shape index (κ2) is 6.92. The Morgan fingerprint density at radius 1 is 1.39 bits per heavy atom. The van der Waals surface area contributed by atoms with E-state index < -0.39 is 0 Å².